The molecule has 1 aliphatic carbocycles. The standard InChI is InChI=1S/C25H31FN4O/c1-8-28-30-21(18-11-9-10-12-20(18)26)15-17(2)19-13-14-25(7,24(19,5)6)22(31)29-23(3,4)16-27/h8-12,15,19H,1-2,13-14H2,3-7H3,(H,29,31)/b21-15-,30-28?/t19-,25?/m0/s1. The van der Waals surface area contributed by atoms with Crippen LogP contribution in [0.25, 0.3) is 5.70 Å². The maximum Gasteiger partial charge on any atom is 0.227 e. The van der Waals surface area contributed by atoms with Crippen molar-refractivity contribution >= 4 is 11.6 Å². The van der Waals surface area contributed by atoms with E-state index in [4.69, 9.17) is 0 Å². The molecule has 2 atom stereocenters. The molecule has 1 aromatic carbocycles. The number of hydrogen-bond donors (Lipinski definition) is 1. The molecule has 1 aromatic rings. The summed E-state index contributed by atoms with van der Waals surface area (Å²) in [5.74, 6) is -0.587. The molecular formula is C25H31FN4O. The van der Waals surface area contributed by atoms with Crippen molar-refractivity contribution in [3.8, 4) is 6.07 Å². The van der Waals surface area contributed by atoms with Crippen molar-refractivity contribution in [3.05, 3.63) is 66.7 Å². The van der Waals surface area contributed by atoms with E-state index in [1.54, 1.807) is 38.1 Å². The van der Waals surface area contributed by atoms with Gasteiger partial charge in [0, 0.05) is 11.8 Å². The van der Waals surface area contributed by atoms with Crippen molar-refractivity contribution in [1.82, 2.24) is 5.32 Å². The van der Waals surface area contributed by atoms with E-state index in [1.165, 1.54) is 12.3 Å². The molecule has 6 heteroatoms. The lowest BCUT2D eigenvalue weighted by Crippen LogP contribution is -2.53. The highest BCUT2D eigenvalue weighted by Crippen LogP contribution is 2.58. The molecule has 0 spiro atoms. The van der Waals surface area contributed by atoms with Crippen molar-refractivity contribution in [2.45, 2.75) is 53.0 Å². The predicted octanol–water partition coefficient (Wildman–Crippen LogP) is 6.18. The fourth-order valence-corrected chi connectivity index (χ4v) is 4.21. The second-order valence-electron chi connectivity index (χ2n) is 9.32. The van der Waals surface area contributed by atoms with Gasteiger partial charge in [-0.2, -0.15) is 15.5 Å². The minimum absolute atomic E-state index is 0.0332. The molecule has 0 saturated heterocycles. The Morgan fingerprint density at radius 1 is 1.35 bits per heavy atom. The van der Waals surface area contributed by atoms with Gasteiger partial charge in [0.1, 0.15) is 11.4 Å². The Morgan fingerprint density at radius 3 is 2.58 bits per heavy atom. The molecule has 0 bridgehead atoms. The zero-order valence-corrected chi connectivity index (χ0v) is 19.0. The van der Waals surface area contributed by atoms with Crippen molar-refractivity contribution in [1.29, 1.82) is 5.26 Å². The van der Waals surface area contributed by atoms with E-state index in [1.807, 2.05) is 20.8 Å². The number of carbonyl (C=O) groups is 1. The minimum atomic E-state index is -0.950. The van der Waals surface area contributed by atoms with Crippen LogP contribution in [-0.4, -0.2) is 11.4 Å². The zero-order valence-electron chi connectivity index (χ0n) is 19.0. The number of halogens is 1. The average Bonchev–Trinajstić information content (AvgIpc) is 2.95. The first-order valence-electron chi connectivity index (χ1n) is 10.3. The summed E-state index contributed by atoms with van der Waals surface area (Å²) in [6.45, 7) is 17.1. The molecule has 5 nitrogen and oxygen atoms in total. The monoisotopic (exact) mass is 422 g/mol. The number of rotatable bonds is 7. The molecule has 1 aliphatic rings. The summed E-state index contributed by atoms with van der Waals surface area (Å²) in [5.41, 5.74) is -0.671. The third-order valence-corrected chi connectivity index (χ3v) is 6.60. The van der Waals surface area contributed by atoms with Gasteiger partial charge in [-0.25, -0.2) is 4.39 Å². The van der Waals surface area contributed by atoms with Gasteiger partial charge < -0.3 is 5.32 Å². The Bertz CT molecular complexity index is 983. The molecule has 1 N–H and O–H groups in total. The second-order valence-corrected chi connectivity index (χ2v) is 9.32. The van der Waals surface area contributed by atoms with E-state index in [0.29, 0.717) is 17.7 Å². The summed E-state index contributed by atoms with van der Waals surface area (Å²) >= 11 is 0. The summed E-state index contributed by atoms with van der Waals surface area (Å²) in [6, 6.07) is 8.47. The topological polar surface area (TPSA) is 77.6 Å². The molecule has 0 radical (unpaired) electrons. The number of hydrogen-bond acceptors (Lipinski definition) is 4. The van der Waals surface area contributed by atoms with Crippen LogP contribution < -0.4 is 5.32 Å². The van der Waals surface area contributed by atoms with E-state index < -0.39 is 22.2 Å². The number of benzene rings is 1. The molecular weight excluding hydrogens is 391 g/mol. The Hall–Kier alpha value is -3.07. The molecule has 164 valence electrons. The second kappa shape index (κ2) is 8.97. The van der Waals surface area contributed by atoms with Crippen LogP contribution in [0.4, 0.5) is 4.39 Å². The third kappa shape index (κ3) is 4.82. The van der Waals surface area contributed by atoms with Crippen LogP contribution >= 0.6 is 0 Å². The van der Waals surface area contributed by atoms with E-state index >= 15 is 0 Å². The lowest BCUT2D eigenvalue weighted by atomic mass is 9.63. The first-order chi connectivity index (χ1) is 14.4. The molecule has 0 heterocycles. The molecule has 1 fully saturated rings. The van der Waals surface area contributed by atoms with Gasteiger partial charge in [-0.15, -0.1) is 0 Å². The van der Waals surface area contributed by atoms with E-state index in [2.05, 4.69) is 34.8 Å². The van der Waals surface area contributed by atoms with Gasteiger partial charge in [-0.05, 0) is 61.8 Å². The van der Waals surface area contributed by atoms with Crippen LogP contribution in [0.3, 0.4) is 0 Å². The van der Waals surface area contributed by atoms with Crippen LogP contribution in [0.5, 0.6) is 0 Å². The van der Waals surface area contributed by atoms with Gasteiger partial charge in [-0.3, -0.25) is 4.79 Å². The van der Waals surface area contributed by atoms with E-state index in [0.717, 1.165) is 12.0 Å². The van der Waals surface area contributed by atoms with Gasteiger partial charge in [0.2, 0.25) is 5.91 Å². The molecule has 1 saturated carbocycles. The lowest BCUT2D eigenvalue weighted by molar-refractivity contribution is -0.136. The van der Waals surface area contributed by atoms with E-state index in [-0.39, 0.29) is 11.8 Å². The van der Waals surface area contributed by atoms with Gasteiger partial charge in [0.15, 0.2) is 0 Å². The number of nitrogens with zero attached hydrogens (tertiary/aromatic N) is 3. The lowest BCUT2D eigenvalue weighted by Gasteiger charge is -2.42. The van der Waals surface area contributed by atoms with Crippen LogP contribution in [0, 0.1) is 33.9 Å². The maximum atomic E-state index is 14.4. The minimum Gasteiger partial charge on any atom is -0.338 e. The number of allylic oxidation sites excluding steroid dienone is 2. The van der Waals surface area contributed by atoms with Crippen molar-refractivity contribution in [2.75, 3.05) is 0 Å². The molecule has 31 heavy (non-hydrogen) atoms. The molecule has 1 amide bonds. The first kappa shape index (κ1) is 24.2. The van der Waals surface area contributed by atoms with Crippen LogP contribution in [0.2, 0.25) is 0 Å². The summed E-state index contributed by atoms with van der Waals surface area (Å²) in [6.07, 6.45) is 4.41. The van der Waals surface area contributed by atoms with Gasteiger partial charge in [0.25, 0.3) is 0 Å². The Morgan fingerprint density at radius 2 is 2.00 bits per heavy atom. The van der Waals surface area contributed by atoms with Gasteiger partial charge in [-0.1, -0.05) is 46.1 Å². The molecule has 0 aromatic heterocycles. The highest BCUT2D eigenvalue weighted by Gasteiger charge is 2.56. The Kier molecular flexibility index (Phi) is 7.00. The third-order valence-electron chi connectivity index (χ3n) is 6.60. The van der Waals surface area contributed by atoms with Crippen molar-refractivity contribution < 1.29 is 9.18 Å². The molecule has 1 unspecified atom stereocenters. The van der Waals surface area contributed by atoms with Crippen LogP contribution in [0.15, 0.2) is 65.5 Å². The van der Waals surface area contributed by atoms with Crippen LogP contribution in [0.1, 0.15) is 53.0 Å². The number of nitrogens with one attached hydrogen (secondary N) is 1. The fourth-order valence-electron chi connectivity index (χ4n) is 4.21. The SMILES string of the molecule is C=CN=N/C(=C\C(=C)[C@@H]1CCC(C)(C(=O)NC(C)(C)C#N)C1(C)C)c1ccccc1F. The van der Waals surface area contributed by atoms with Crippen molar-refractivity contribution in [3.63, 3.8) is 0 Å². The Labute approximate surface area is 184 Å². The smallest absolute Gasteiger partial charge is 0.227 e. The summed E-state index contributed by atoms with van der Waals surface area (Å²) in [4.78, 5) is 13.2. The highest BCUT2D eigenvalue weighted by molar-refractivity contribution is 5.84. The first-order valence-corrected chi connectivity index (χ1v) is 10.3. The summed E-state index contributed by atoms with van der Waals surface area (Å²) < 4.78 is 14.4. The van der Waals surface area contributed by atoms with Crippen molar-refractivity contribution in [2.24, 2.45) is 27.0 Å². The summed E-state index contributed by atoms with van der Waals surface area (Å²) in [5, 5.41) is 20.1. The number of carbonyl (C=O) groups excluding carboxylic acids is 1. The number of azo groups is 1. The van der Waals surface area contributed by atoms with Gasteiger partial charge in [0.05, 0.1) is 17.2 Å². The molecule has 2 rings (SSSR count). The maximum absolute atomic E-state index is 14.4. The summed E-state index contributed by atoms with van der Waals surface area (Å²) in [7, 11) is 0. The number of nitriles is 1. The average molecular weight is 423 g/mol. The fraction of sp³-hybridized carbons (Fsp3) is 0.440. The number of amides is 1. The van der Waals surface area contributed by atoms with E-state index in [9.17, 15) is 14.4 Å². The zero-order chi connectivity index (χ0) is 23.4. The quantitative estimate of drug-likeness (QED) is 0.421. The largest absolute Gasteiger partial charge is 0.338 e. The molecule has 0 aliphatic heterocycles. The predicted molar refractivity (Wildman–Crippen MR) is 121 cm³/mol. The van der Waals surface area contributed by atoms with Gasteiger partial charge >= 0.3 is 0 Å². The normalized spacial score (nSPS) is 23.4. The Balaban J connectivity index is 2.39. The van der Waals surface area contributed by atoms with Crippen LogP contribution in [-0.2, 0) is 4.79 Å². The highest BCUT2D eigenvalue weighted by atomic mass is 19.1.